The van der Waals surface area contributed by atoms with Gasteiger partial charge in [0, 0.05) is 25.0 Å². The fourth-order valence-electron chi connectivity index (χ4n) is 2.90. The normalized spacial score (nSPS) is 26.3. The van der Waals surface area contributed by atoms with Gasteiger partial charge < -0.3 is 15.2 Å². The first-order valence-electron chi connectivity index (χ1n) is 7.63. The molecule has 4 nitrogen and oxygen atoms in total. The topological polar surface area (TPSA) is 58.6 Å². The van der Waals surface area contributed by atoms with Crippen LogP contribution in [0.15, 0.2) is 24.3 Å². The van der Waals surface area contributed by atoms with E-state index in [1.807, 2.05) is 20.8 Å². The summed E-state index contributed by atoms with van der Waals surface area (Å²) in [5.41, 5.74) is -0.760. The quantitative estimate of drug-likeness (QED) is 0.845. The summed E-state index contributed by atoms with van der Waals surface area (Å²) in [5, 5.41) is 13.4. The van der Waals surface area contributed by atoms with Crippen molar-refractivity contribution in [3.8, 4) is 0 Å². The Bertz CT molecular complexity index is 546. The second-order valence-electron chi connectivity index (χ2n) is 6.48. The van der Waals surface area contributed by atoms with Crippen molar-refractivity contribution in [3.05, 3.63) is 35.6 Å². The number of carbonyl (C=O) groups excluding carboxylic acids is 1. The Labute approximate surface area is 130 Å². The maximum Gasteiger partial charge on any atom is 0.224 e. The van der Waals surface area contributed by atoms with Gasteiger partial charge in [-0.15, -0.1) is 0 Å². The van der Waals surface area contributed by atoms with Gasteiger partial charge in [0.15, 0.2) is 0 Å². The molecule has 0 heterocycles. The monoisotopic (exact) mass is 309 g/mol. The molecule has 1 aromatic carbocycles. The molecule has 1 saturated carbocycles. The van der Waals surface area contributed by atoms with E-state index in [9.17, 15) is 14.3 Å². The van der Waals surface area contributed by atoms with Crippen LogP contribution in [0.3, 0.4) is 0 Å². The van der Waals surface area contributed by atoms with Crippen molar-refractivity contribution < 1.29 is 19.0 Å². The lowest BCUT2D eigenvalue weighted by Crippen LogP contribution is -2.68. The second-order valence-corrected chi connectivity index (χ2v) is 6.48. The fourth-order valence-corrected chi connectivity index (χ4v) is 2.90. The van der Waals surface area contributed by atoms with Gasteiger partial charge in [0.05, 0.1) is 18.1 Å². The molecule has 1 fully saturated rings. The SMILES string of the molecule is CCO[C@H]1C[C@](O)(CNC(=O)Cc2cccc(F)c2)C1(C)C. The molecule has 1 aliphatic rings. The zero-order chi connectivity index (χ0) is 16.4. The van der Waals surface area contributed by atoms with Crippen molar-refractivity contribution in [2.45, 2.75) is 45.3 Å². The third-order valence-electron chi connectivity index (χ3n) is 4.73. The average Bonchev–Trinajstić information content (AvgIpc) is 2.45. The van der Waals surface area contributed by atoms with Gasteiger partial charge in [-0.1, -0.05) is 26.0 Å². The van der Waals surface area contributed by atoms with Gasteiger partial charge in [0.25, 0.3) is 0 Å². The molecule has 122 valence electrons. The molecular weight excluding hydrogens is 285 g/mol. The Morgan fingerprint density at radius 2 is 2.23 bits per heavy atom. The first-order valence-corrected chi connectivity index (χ1v) is 7.63. The van der Waals surface area contributed by atoms with Crippen LogP contribution in [-0.4, -0.2) is 35.9 Å². The van der Waals surface area contributed by atoms with Crippen LogP contribution in [-0.2, 0) is 16.0 Å². The van der Waals surface area contributed by atoms with E-state index in [4.69, 9.17) is 4.74 Å². The predicted octanol–water partition coefficient (Wildman–Crippen LogP) is 2.05. The van der Waals surface area contributed by atoms with E-state index in [1.54, 1.807) is 12.1 Å². The van der Waals surface area contributed by atoms with Gasteiger partial charge in [0.1, 0.15) is 5.82 Å². The van der Waals surface area contributed by atoms with Crippen LogP contribution in [0.1, 0.15) is 32.8 Å². The van der Waals surface area contributed by atoms with E-state index in [1.165, 1.54) is 12.1 Å². The van der Waals surface area contributed by atoms with Crippen LogP contribution in [0.25, 0.3) is 0 Å². The number of benzene rings is 1. The number of hydrogen-bond acceptors (Lipinski definition) is 3. The molecule has 2 rings (SSSR count). The lowest BCUT2D eigenvalue weighted by Gasteiger charge is -2.57. The van der Waals surface area contributed by atoms with Crippen LogP contribution in [0.5, 0.6) is 0 Å². The van der Waals surface area contributed by atoms with E-state index in [2.05, 4.69) is 5.32 Å². The molecule has 0 aliphatic heterocycles. The second kappa shape index (κ2) is 6.34. The molecular formula is C17H24FNO3. The summed E-state index contributed by atoms with van der Waals surface area (Å²) in [4.78, 5) is 12.0. The third-order valence-corrected chi connectivity index (χ3v) is 4.73. The van der Waals surface area contributed by atoms with Crippen molar-refractivity contribution in [2.75, 3.05) is 13.2 Å². The summed E-state index contributed by atoms with van der Waals surface area (Å²) in [5.74, 6) is -0.585. The van der Waals surface area contributed by atoms with Crippen LogP contribution in [0.2, 0.25) is 0 Å². The smallest absolute Gasteiger partial charge is 0.224 e. The van der Waals surface area contributed by atoms with Gasteiger partial charge in [-0.25, -0.2) is 4.39 Å². The molecule has 1 aliphatic carbocycles. The predicted molar refractivity (Wildman–Crippen MR) is 81.9 cm³/mol. The number of rotatable bonds is 6. The Balaban J connectivity index is 1.86. The Hall–Kier alpha value is -1.46. The number of ether oxygens (including phenoxy) is 1. The van der Waals surface area contributed by atoms with E-state index in [0.717, 1.165) is 0 Å². The number of carbonyl (C=O) groups is 1. The number of halogens is 1. The Morgan fingerprint density at radius 3 is 2.82 bits per heavy atom. The van der Waals surface area contributed by atoms with Crippen LogP contribution < -0.4 is 5.32 Å². The van der Waals surface area contributed by atoms with Crippen LogP contribution in [0, 0.1) is 11.2 Å². The highest BCUT2D eigenvalue weighted by Crippen LogP contribution is 2.50. The summed E-state index contributed by atoms with van der Waals surface area (Å²) >= 11 is 0. The molecule has 2 atom stereocenters. The molecule has 1 amide bonds. The minimum absolute atomic E-state index is 0.00243. The molecule has 0 spiro atoms. The highest BCUT2D eigenvalue weighted by atomic mass is 19.1. The summed E-state index contributed by atoms with van der Waals surface area (Å²) in [6, 6.07) is 5.96. The van der Waals surface area contributed by atoms with Gasteiger partial charge in [-0.2, -0.15) is 0 Å². The van der Waals surface area contributed by atoms with Crippen molar-refractivity contribution in [2.24, 2.45) is 5.41 Å². The summed E-state index contributed by atoms with van der Waals surface area (Å²) in [6.07, 6.45) is 0.611. The zero-order valence-corrected chi connectivity index (χ0v) is 13.4. The molecule has 5 heteroatoms. The molecule has 0 saturated heterocycles. The van der Waals surface area contributed by atoms with Gasteiger partial charge in [-0.05, 0) is 24.6 Å². The van der Waals surface area contributed by atoms with E-state index < -0.39 is 11.0 Å². The largest absolute Gasteiger partial charge is 0.387 e. The highest BCUT2D eigenvalue weighted by molar-refractivity contribution is 5.78. The van der Waals surface area contributed by atoms with Crippen molar-refractivity contribution in [3.63, 3.8) is 0 Å². The van der Waals surface area contributed by atoms with E-state index >= 15 is 0 Å². The lowest BCUT2D eigenvalue weighted by atomic mass is 9.56. The maximum absolute atomic E-state index is 13.1. The maximum atomic E-state index is 13.1. The van der Waals surface area contributed by atoms with Crippen molar-refractivity contribution in [1.29, 1.82) is 0 Å². The molecule has 2 N–H and O–H groups in total. The molecule has 0 unspecified atom stereocenters. The van der Waals surface area contributed by atoms with Gasteiger partial charge >= 0.3 is 0 Å². The zero-order valence-electron chi connectivity index (χ0n) is 13.4. The number of aliphatic hydroxyl groups is 1. The fraction of sp³-hybridized carbons (Fsp3) is 0.588. The molecule has 22 heavy (non-hydrogen) atoms. The molecule has 0 aromatic heterocycles. The number of nitrogens with one attached hydrogen (secondary N) is 1. The Kier molecular flexibility index (Phi) is 4.87. The highest BCUT2D eigenvalue weighted by Gasteiger charge is 2.59. The van der Waals surface area contributed by atoms with E-state index in [-0.39, 0.29) is 30.8 Å². The van der Waals surface area contributed by atoms with Gasteiger partial charge in [0.2, 0.25) is 5.91 Å². The minimum atomic E-state index is -0.968. The average molecular weight is 309 g/mol. The van der Waals surface area contributed by atoms with Crippen molar-refractivity contribution >= 4 is 5.91 Å². The first kappa shape index (κ1) is 16.9. The lowest BCUT2D eigenvalue weighted by molar-refractivity contribution is -0.238. The summed E-state index contributed by atoms with van der Waals surface area (Å²) in [6.45, 7) is 6.59. The van der Waals surface area contributed by atoms with E-state index in [0.29, 0.717) is 18.6 Å². The molecule has 0 bridgehead atoms. The minimum Gasteiger partial charge on any atom is -0.387 e. The summed E-state index contributed by atoms with van der Waals surface area (Å²) < 4.78 is 18.7. The molecule has 0 radical (unpaired) electrons. The summed E-state index contributed by atoms with van der Waals surface area (Å²) in [7, 11) is 0. The standard InChI is InChI=1S/C17H24FNO3/c1-4-22-14-10-17(21,16(14,2)3)11-19-15(20)9-12-6-5-7-13(18)8-12/h5-8,14,21H,4,9-11H2,1-3H3,(H,19,20)/t14-,17-/m0/s1. The van der Waals surface area contributed by atoms with Gasteiger partial charge in [-0.3, -0.25) is 4.79 Å². The Morgan fingerprint density at radius 1 is 1.50 bits per heavy atom. The van der Waals surface area contributed by atoms with Crippen molar-refractivity contribution in [1.82, 2.24) is 5.32 Å². The number of amides is 1. The van der Waals surface area contributed by atoms with Crippen LogP contribution >= 0.6 is 0 Å². The van der Waals surface area contributed by atoms with Crippen LogP contribution in [0.4, 0.5) is 4.39 Å². The molecule has 1 aromatic rings. The number of hydrogen-bond donors (Lipinski definition) is 2. The third kappa shape index (κ3) is 3.31. The first-order chi connectivity index (χ1) is 10.3.